The molecule has 4 rings (SSSR count). The molecular formula is C23H20F4N6O4S. The van der Waals surface area contributed by atoms with E-state index < -0.39 is 39.2 Å². The number of halogens is 4. The number of carbonyl (C=O) groups is 1. The second kappa shape index (κ2) is 10.4. The lowest BCUT2D eigenvalue weighted by Crippen LogP contribution is -2.58. The van der Waals surface area contributed by atoms with Crippen LogP contribution in [0, 0.1) is 5.82 Å². The van der Waals surface area contributed by atoms with Crippen molar-refractivity contribution < 1.29 is 36.0 Å². The Labute approximate surface area is 214 Å². The highest BCUT2D eigenvalue weighted by Gasteiger charge is 2.52. The molecule has 2 aromatic heterocycles. The molecule has 3 aromatic rings. The second-order valence-corrected chi connectivity index (χ2v) is 10.2. The van der Waals surface area contributed by atoms with Crippen LogP contribution in [0.4, 0.5) is 17.6 Å². The molecule has 2 N–H and O–H groups in total. The number of amides is 1. The summed E-state index contributed by atoms with van der Waals surface area (Å²) in [5, 5.41) is 14.8. The minimum Gasteiger partial charge on any atom is -0.411 e. The zero-order valence-electron chi connectivity index (χ0n) is 19.4. The molecular weight excluding hydrogens is 532 g/mol. The van der Waals surface area contributed by atoms with Gasteiger partial charge in [0, 0.05) is 18.3 Å². The monoisotopic (exact) mass is 552 g/mol. The van der Waals surface area contributed by atoms with Gasteiger partial charge < -0.3 is 10.5 Å². The summed E-state index contributed by atoms with van der Waals surface area (Å²) in [5.41, 5.74) is -2.13. The molecule has 0 bridgehead atoms. The third kappa shape index (κ3) is 5.33. The van der Waals surface area contributed by atoms with Crippen molar-refractivity contribution in [1.82, 2.24) is 24.6 Å². The Bertz CT molecular complexity index is 1450. The Morgan fingerprint density at radius 2 is 1.89 bits per heavy atom. The quantitative estimate of drug-likeness (QED) is 0.199. The van der Waals surface area contributed by atoms with Crippen LogP contribution in [0.2, 0.25) is 0 Å². The maximum Gasteiger partial charge on any atom is 0.433 e. The molecule has 1 saturated heterocycles. The summed E-state index contributed by atoms with van der Waals surface area (Å²) < 4.78 is 79.1. The summed E-state index contributed by atoms with van der Waals surface area (Å²) in [5.74, 6) is -1.43. The number of sulfonamides is 1. The van der Waals surface area contributed by atoms with Crippen LogP contribution in [-0.4, -0.2) is 57.1 Å². The fourth-order valence-electron chi connectivity index (χ4n) is 4.08. The lowest BCUT2D eigenvalue weighted by atomic mass is 9.98. The van der Waals surface area contributed by atoms with Gasteiger partial charge in [-0.2, -0.15) is 17.5 Å². The summed E-state index contributed by atoms with van der Waals surface area (Å²) in [6, 6.07) is 7.53. The predicted molar refractivity (Wildman–Crippen MR) is 125 cm³/mol. The van der Waals surface area contributed by atoms with Gasteiger partial charge in [0.25, 0.3) is 0 Å². The number of rotatable bonds is 7. The maximum absolute atomic E-state index is 13.3. The summed E-state index contributed by atoms with van der Waals surface area (Å²) in [6.45, 7) is -0.258. The average Bonchev–Trinajstić information content (AvgIpc) is 3.33. The van der Waals surface area contributed by atoms with Gasteiger partial charge in [0.05, 0.1) is 29.0 Å². The van der Waals surface area contributed by atoms with Crippen molar-refractivity contribution in [3.63, 3.8) is 0 Å². The van der Waals surface area contributed by atoms with E-state index in [9.17, 15) is 36.0 Å². The van der Waals surface area contributed by atoms with Gasteiger partial charge in [-0.3, -0.25) is 9.78 Å². The smallest absolute Gasteiger partial charge is 0.411 e. The van der Waals surface area contributed by atoms with E-state index in [2.05, 4.69) is 25.4 Å². The third-order valence-electron chi connectivity index (χ3n) is 5.93. The average molecular weight is 553 g/mol. The molecule has 10 nitrogen and oxygen atoms in total. The molecule has 3 heterocycles. The van der Waals surface area contributed by atoms with Gasteiger partial charge in [-0.15, -0.1) is 0 Å². The Hall–Kier alpha value is -3.98. The van der Waals surface area contributed by atoms with Gasteiger partial charge in [-0.25, -0.2) is 22.8 Å². The van der Waals surface area contributed by atoms with E-state index in [0.717, 1.165) is 53.4 Å². The van der Waals surface area contributed by atoms with E-state index >= 15 is 0 Å². The molecule has 1 aliphatic heterocycles. The molecule has 200 valence electrons. The number of nitrogens with one attached hydrogen (secondary N) is 1. The molecule has 1 aromatic carbocycles. The zero-order valence-corrected chi connectivity index (χ0v) is 20.2. The van der Waals surface area contributed by atoms with Crippen molar-refractivity contribution in [2.24, 2.45) is 5.16 Å². The molecule has 15 heteroatoms. The van der Waals surface area contributed by atoms with Crippen molar-refractivity contribution >= 4 is 22.1 Å². The molecule has 1 fully saturated rings. The van der Waals surface area contributed by atoms with Crippen molar-refractivity contribution in [1.29, 1.82) is 0 Å². The maximum atomic E-state index is 13.3. The Morgan fingerprint density at radius 3 is 2.53 bits per heavy atom. The van der Waals surface area contributed by atoms with Crippen molar-refractivity contribution in [2.75, 3.05) is 6.54 Å². The number of alkyl halides is 3. The minimum absolute atomic E-state index is 0.00949. The van der Waals surface area contributed by atoms with E-state index in [1.165, 1.54) is 12.1 Å². The number of hydrogen-bond acceptors (Lipinski definition) is 8. The van der Waals surface area contributed by atoms with Crippen molar-refractivity contribution in [3.05, 3.63) is 72.2 Å². The molecule has 1 unspecified atom stereocenters. The first-order valence-corrected chi connectivity index (χ1v) is 12.5. The van der Waals surface area contributed by atoms with E-state index in [4.69, 9.17) is 0 Å². The van der Waals surface area contributed by atoms with Crippen molar-refractivity contribution in [2.45, 2.75) is 36.0 Å². The lowest BCUT2D eigenvalue weighted by Gasteiger charge is -2.32. The largest absolute Gasteiger partial charge is 0.433 e. The summed E-state index contributed by atoms with van der Waals surface area (Å²) in [6.07, 6.45) is -1.31. The van der Waals surface area contributed by atoms with E-state index in [1.807, 2.05) is 0 Å². The minimum atomic E-state index is -4.59. The summed E-state index contributed by atoms with van der Waals surface area (Å²) in [7, 11) is -4.28. The van der Waals surface area contributed by atoms with Crippen LogP contribution < -0.4 is 5.32 Å². The van der Waals surface area contributed by atoms with Crippen molar-refractivity contribution in [3.8, 4) is 11.3 Å². The Balaban J connectivity index is 1.55. The lowest BCUT2D eigenvalue weighted by molar-refractivity contribution is -0.141. The van der Waals surface area contributed by atoms with Gasteiger partial charge in [0.15, 0.2) is 5.54 Å². The van der Waals surface area contributed by atoms with Gasteiger partial charge in [-0.05, 0) is 55.3 Å². The molecule has 1 atom stereocenters. The van der Waals surface area contributed by atoms with E-state index in [-0.39, 0.29) is 47.8 Å². The SMILES string of the molecule is O=C(NCc1cc(-c2ccc(C(F)(F)F)nc2)ncn1)C1(/C=N/O)CCCN1S(=O)(=O)c1ccc(F)cc1. The number of benzene rings is 1. The molecule has 1 amide bonds. The van der Waals surface area contributed by atoms with Gasteiger partial charge >= 0.3 is 6.18 Å². The topological polar surface area (TPSA) is 138 Å². The predicted octanol–water partition coefficient (Wildman–Crippen LogP) is 3.00. The molecule has 0 aliphatic carbocycles. The van der Waals surface area contributed by atoms with Crippen LogP contribution in [0.1, 0.15) is 24.2 Å². The fourth-order valence-corrected chi connectivity index (χ4v) is 5.84. The fraction of sp³-hybridized carbons (Fsp3) is 0.261. The Morgan fingerprint density at radius 1 is 1.16 bits per heavy atom. The van der Waals surface area contributed by atoms with E-state index in [0.29, 0.717) is 0 Å². The molecule has 0 spiro atoms. The van der Waals surface area contributed by atoms with Gasteiger partial charge in [0.2, 0.25) is 15.9 Å². The highest BCUT2D eigenvalue weighted by atomic mass is 32.2. The summed E-state index contributed by atoms with van der Waals surface area (Å²) in [4.78, 5) is 24.5. The van der Waals surface area contributed by atoms with Crippen LogP contribution in [0.15, 0.2) is 65.0 Å². The van der Waals surface area contributed by atoms with Crippen LogP contribution in [-0.2, 0) is 27.5 Å². The number of pyridine rings is 1. The third-order valence-corrected chi connectivity index (χ3v) is 7.89. The molecule has 1 aliphatic rings. The Kier molecular flexibility index (Phi) is 7.42. The first-order chi connectivity index (χ1) is 18.0. The number of hydrogen-bond donors (Lipinski definition) is 2. The number of carbonyl (C=O) groups excluding carboxylic acids is 1. The zero-order chi connectivity index (χ0) is 27.6. The van der Waals surface area contributed by atoms with E-state index in [1.54, 1.807) is 0 Å². The van der Waals surface area contributed by atoms with Crippen LogP contribution in [0.25, 0.3) is 11.3 Å². The highest BCUT2D eigenvalue weighted by Crippen LogP contribution is 2.34. The van der Waals surface area contributed by atoms with Gasteiger partial charge in [0.1, 0.15) is 17.8 Å². The summed E-state index contributed by atoms with van der Waals surface area (Å²) >= 11 is 0. The van der Waals surface area contributed by atoms with Gasteiger partial charge in [-0.1, -0.05) is 5.16 Å². The van der Waals surface area contributed by atoms with Crippen LogP contribution in [0.5, 0.6) is 0 Å². The number of aromatic nitrogens is 3. The molecule has 0 radical (unpaired) electrons. The molecule has 38 heavy (non-hydrogen) atoms. The molecule has 0 saturated carbocycles. The second-order valence-electron chi connectivity index (χ2n) is 8.31. The van der Waals surface area contributed by atoms with Crippen LogP contribution in [0.3, 0.4) is 0 Å². The number of oxime groups is 1. The standard InChI is InChI=1S/C23H20F4N6O4S/c24-16-3-5-18(6-4-16)38(36,37)33-9-1-8-22(33,13-32-35)21(34)29-12-17-10-19(31-14-30-17)15-2-7-20(28-11-15)23(25,26)27/h2-7,10-11,13-14,35H,1,8-9,12H2,(H,29,34)/b32-13+. The normalized spacial score (nSPS) is 18.6. The van der Waals surface area contributed by atoms with Crippen LogP contribution >= 0.6 is 0 Å². The highest BCUT2D eigenvalue weighted by molar-refractivity contribution is 7.89. The first kappa shape index (κ1) is 27.1. The first-order valence-electron chi connectivity index (χ1n) is 11.1. The number of nitrogens with zero attached hydrogens (tertiary/aromatic N) is 5.